The van der Waals surface area contributed by atoms with Crippen LogP contribution in [0.4, 0.5) is 10.5 Å². The molecule has 0 aromatic heterocycles. The van der Waals surface area contributed by atoms with Gasteiger partial charge in [0.1, 0.15) is 0 Å². The Morgan fingerprint density at radius 1 is 1.07 bits per heavy atom. The summed E-state index contributed by atoms with van der Waals surface area (Å²) >= 11 is 12.0. The van der Waals surface area contributed by atoms with E-state index in [1.54, 1.807) is 35.2 Å². The number of nitrogens with one attached hydrogen (secondary N) is 1. The van der Waals surface area contributed by atoms with Crippen LogP contribution in [-0.2, 0) is 16.6 Å². The normalized spacial score (nSPS) is 11.7. The fourth-order valence-corrected chi connectivity index (χ4v) is 3.73. The number of carbonyl (C=O) groups excluding carboxylic acids is 1. The lowest BCUT2D eigenvalue weighted by atomic mass is 10.2. The van der Waals surface area contributed by atoms with Gasteiger partial charge in [-0.2, -0.15) is 0 Å². The van der Waals surface area contributed by atoms with Crippen molar-refractivity contribution in [3.63, 3.8) is 0 Å². The van der Waals surface area contributed by atoms with Crippen LogP contribution in [0.15, 0.2) is 47.4 Å². The Balaban J connectivity index is 2.22. The number of halogens is 2. The molecular weight excluding hydrogens is 421 g/mol. The average molecular weight is 444 g/mol. The molecule has 0 radical (unpaired) electrons. The van der Waals surface area contributed by atoms with Gasteiger partial charge in [-0.15, -0.1) is 0 Å². The van der Waals surface area contributed by atoms with Crippen molar-refractivity contribution in [3.8, 4) is 0 Å². The Morgan fingerprint density at radius 3 is 2.32 bits per heavy atom. The molecule has 9 heteroatoms. The zero-order chi connectivity index (χ0) is 21.1. The van der Waals surface area contributed by atoms with Gasteiger partial charge in [0.2, 0.25) is 10.0 Å². The molecule has 2 rings (SSSR count). The van der Waals surface area contributed by atoms with E-state index in [1.807, 2.05) is 13.8 Å². The lowest BCUT2D eigenvalue weighted by molar-refractivity contribution is 0.193. The number of anilines is 1. The lowest BCUT2D eigenvalue weighted by Crippen LogP contribution is -2.39. The zero-order valence-electron chi connectivity index (χ0n) is 16.1. The number of benzene rings is 2. The molecule has 152 valence electrons. The summed E-state index contributed by atoms with van der Waals surface area (Å²) in [7, 11) is -0.675. The topological polar surface area (TPSA) is 69.7 Å². The van der Waals surface area contributed by atoms with Crippen molar-refractivity contribution in [2.24, 2.45) is 0 Å². The molecule has 0 bridgehead atoms. The van der Waals surface area contributed by atoms with Crippen LogP contribution in [0.2, 0.25) is 10.0 Å². The van der Waals surface area contributed by atoms with Crippen LogP contribution in [0.3, 0.4) is 0 Å². The molecule has 28 heavy (non-hydrogen) atoms. The smallest absolute Gasteiger partial charge is 0.318 e. The minimum absolute atomic E-state index is 0.0943. The molecule has 0 atom stereocenters. The standard InChI is InChI=1S/C19H23Cl2N3O3S/c1-13(2)24(12-14-8-9-17(20)18(21)10-14)19(25)22-15-6-5-7-16(11-15)28(26,27)23(3)4/h5-11,13H,12H2,1-4H3,(H,22,25). The third kappa shape index (κ3) is 5.38. The van der Waals surface area contributed by atoms with Gasteiger partial charge in [-0.05, 0) is 49.7 Å². The first kappa shape index (κ1) is 22.5. The maximum atomic E-state index is 12.8. The van der Waals surface area contributed by atoms with E-state index in [4.69, 9.17) is 23.2 Å². The van der Waals surface area contributed by atoms with Crippen LogP contribution >= 0.6 is 23.2 Å². The second-order valence-corrected chi connectivity index (χ2v) is 9.68. The number of urea groups is 1. The van der Waals surface area contributed by atoms with Gasteiger partial charge in [-0.3, -0.25) is 0 Å². The Kier molecular flexibility index (Phi) is 7.33. The summed E-state index contributed by atoms with van der Waals surface area (Å²) in [6.07, 6.45) is 0. The number of amides is 2. The molecule has 0 aliphatic rings. The van der Waals surface area contributed by atoms with E-state index in [1.165, 1.54) is 26.2 Å². The minimum atomic E-state index is -3.59. The van der Waals surface area contributed by atoms with Crippen LogP contribution in [0, 0.1) is 0 Å². The molecule has 0 aliphatic heterocycles. The number of sulfonamides is 1. The number of hydrogen-bond donors (Lipinski definition) is 1. The fraction of sp³-hybridized carbons (Fsp3) is 0.316. The summed E-state index contributed by atoms with van der Waals surface area (Å²) in [6.45, 7) is 4.12. The SMILES string of the molecule is CC(C)N(Cc1ccc(Cl)c(Cl)c1)C(=O)Nc1cccc(S(=O)(=O)N(C)C)c1. The molecule has 2 amide bonds. The van der Waals surface area contributed by atoms with Crippen molar-refractivity contribution in [2.75, 3.05) is 19.4 Å². The number of hydrogen-bond acceptors (Lipinski definition) is 3. The van der Waals surface area contributed by atoms with Gasteiger partial charge in [-0.1, -0.05) is 35.3 Å². The molecule has 0 saturated carbocycles. The van der Waals surface area contributed by atoms with Crippen LogP contribution in [0.1, 0.15) is 19.4 Å². The predicted molar refractivity (Wildman–Crippen MR) is 113 cm³/mol. The molecule has 6 nitrogen and oxygen atoms in total. The highest BCUT2D eigenvalue weighted by atomic mass is 35.5. The Labute approximate surface area is 176 Å². The van der Waals surface area contributed by atoms with E-state index in [0.29, 0.717) is 22.3 Å². The summed E-state index contributed by atoms with van der Waals surface area (Å²) in [5, 5.41) is 3.64. The second kappa shape index (κ2) is 9.13. The van der Waals surface area contributed by atoms with Crippen molar-refractivity contribution in [2.45, 2.75) is 31.3 Å². The maximum Gasteiger partial charge on any atom is 0.322 e. The predicted octanol–water partition coefficient (Wildman–Crippen LogP) is 4.69. The second-order valence-electron chi connectivity index (χ2n) is 6.72. The molecule has 0 aliphatic carbocycles. The first-order chi connectivity index (χ1) is 13.0. The van der Waals surface area contributed by atoms with E-state index in [2.05, 4.69) is 5.32 Å². The van der Waals surface area contributed by atoms with Gasteiger partial charge in [0.15, 0.2) is 0 Å². The number of carbonyl (C=O) groups is 1. The summed E-state index contributed by atoms with van der Waals surface area (Å²) in [4.78, 5) is 14.5. The minimum Gasteiger partial charge on any atom is -0.318 e. The van der Waals surface area contributed by atoms with Gasteiger partial charge < -0.3 is 10.2 Å². The summed E-state index contributed by atoms with van der Waals surface area (Å²) < 4.78 is 25.7. The van der Waals surface area contributed by atoms with E-state index in [9.17, 15) is 13.2 Å². The van der Waals surface area contributed by atoms with Gasteiger partial charge in [0.05, 0.1) is 14.9 Å². The fourth-order valence-electron chi connectivity index (χ4n) is 2.46. The number of nitrogens with zero attached hydrogens (tertiary/aromatic N) is 2. The van der Waals surface area contributed by atoms with E-state index in [0.717, 1.165) is 9.87 Å². The van der Waals surface area contributed by atoms with Gasteiger partial charge in [0.25, 0.3) is 0 Å². The third-order valence-corrected chi connectivity index (χ3v) is 6.64. The van der Waals surface area contributed by atoms with Crippen LogP contribution < -0.4 is 5.32 Å². The Morgan fingerprint density at radius 2 is 1.75 bits per heavy atom. The maximum absolute atomic E-state index is 12.8. The van der Waals surface area contributed by atoms with Crippen molar-refractivity contribution in [1.29, 1.82) is 0 Å². The van der Waals surface area contributed by atoms with Crippen molar-refractivity contribution in [3.05, 3.63) is 58.1 Å². The largest absolute Gasteiger partial charge is 0.322 e. The first-order valence-electron chi connectivity index (χ1n) is 8.56. The van der Waals surface area contributed by atoms with Gasteiger partial charge in [0, 0.05) is 32.4 Å². The molecule has 0 fully saturated rings. The van der Waals surface area contributed by atoms with Crippen molar-refractivity contribution in [1.82, 2.24) is 9.21 Å². The monoisotopic (exact) mass is 443 g/mol. The molecular formula is C19H23Cl2N3O3S. The summed E-state index contributed by atoms with van der Waals surface area (Å²) in [5.74, 6) is 0. The van der Waals surface area contributed by atoms with E-state index < -0.39 is 10.0 Å². The highest BCUT2D eigenvalue weighted by molar-refractivity contribution is 7.89. The van der Waals surface area contributed by atoms with Crippen LogP contribution in [0.25, 0.3) is 0 Å². The molecule has 1 N–H and O–H groups in total. The van der Waals surface area contributed by atoms with Crippen molar-refractivity contribution < 1.29 is 13.2 Å². The summed E-state index contributed by atoms with van der Waals surface area (Å²) in [6, 6.07) is 10.9. The Bertz CT molecular complexity index is 963. The molecule has 0 saturated heterocycles. The first-order valence-corrected chi connectivity index (χ1v) is 10.8. The summed E-state index contributed by atoms with van der Waals surface area (Å²) in [5.41, 5.74) is 1.23. The molecule has 0 spiro atoms. The highest BCUT2D eigenvalue weighted by Gasteiger charge is 2.20. The quantitative estimate of drug-likeness (QED) is 0.703. The highest BCUT2D eigenvalue weighted by Crippen LogP contribution is 2.24. The lowest BCUT2D eigenvalue weighted by Gasteiger charge is -2.27. The zero-order valence-corrected chi connectivity index (χ0v) is 18.4. The van der Waals surface area contributed by atoms with E-state index in [-0.39, 0.29) is 17.0 Å². The van der Waals surface area contributed by atoms with Crippen molar-refractivity contribution >= 4 is 44.9 Å². The molecule has 2 aromatic carbocycles. The van der Waals surface area contributed by atoms with Crippen LogP contribution in [-0.4, -0.2) is 43.8 Å². The molecule has 0 heterocycles. The van der Waals surface area contributed by atoms with Gasteiger partial charge >= 0.3 is 6.03 Å². The van der Waals surface area contributed by atoms with Crippen LogP contribution in [0.5, 0.6) is 0 Å². The van der Waals surface area contributed by atoms with Gasteiger partial charge in [-0.25, -0.2) is 17.5 Å². The molecule has 0 unspecified atom stereocenters. The average Bonchev–Trinajstić information content (AvgIpc) is 2.62. The molecule has 2 aromatic rings. The third-order valence-electron chi connectivity index (χ3n) is 4.09. The number of rotatable bonds is 6. The Hall–Kier alpha value is -1.80. The van der Waals surface area contributed by atoms with E-state index >= 15 is 0 Å².